The van der Waals surface area contributed by atoms with Crippen molar-refractivity contribution in [3.05, 3.63) is 35.9 Å². The molecule has 1 atom stereocenters. The van der Waals surface area contributed by atoms with Gasteiger partial charge in [-0.15, -0.1) is 0 Å². The predicted octanol–water partition coefficient (Wildman–Crippen LogP) is 3.00. The molecule has 0 aromatic heterocycles. The van der Waals surface area contributed by atoms with Gasteiger partial charge in [0.25, 0.3) is 0 Å². The molecule has 0 amide bonds. The second-order valence-corrected chi connectivity index (χ2v) is 2.64. The van der Waals surface area contributed by atoms with Crippen LogP contribution >= 0.6 is 0 Å². The maximum absolute atomic E-state index is 3.01. The standard InChI is InChI=1S/C10H13/c1-3-9(2)10-7-5-4-6-8-10/h5-9H,3H2,1-2H3. The Hall–Kier alpha value is -0.780. The number of benzene rings is 1. The lowest BCUT2D eigenvalue weighted by atomic mass is 9.99. The molecule has 1 aromatic rings. The molecule has 0 N–H and O–H groups in total. The molecule has 0 aliphatic heterocycles. The van der Waals surface area contributed by atoms with Crippen LogP contribution in [0.4, 0.5) is 0 Å². The minimum absolute atomic E-state index is 0.689. The Morgan fingerprint density at radius 3 is 2.50 bits per heavy atom. The molecule has 0 heterocycles. The van der Waals surface area contributed by atoms with Crippen LogP contribution in [0.15, 0.2) is 24.3 Å². The molecule has 1 unspecified atom stereocenters. The third-order valence-corrected chi connectivity index (χ3v) is 1.93. The normalized spacial score (nSPS) is 13.0. The van der Waals surface area contributed by atoms with Crippen LogP contribution in [0, 0.1) is 6.07 Å². The summed E-state index contributed by atoms with van der Waals surface area (Å²) in [6.07, 6.45) is 1.21. The summed E-state index contributed by atoms with van der Waals surface area (Å²) in [5.74, 6) is 0.689. The SMILES string of the molecule is CCC(C)c1cc[c]cc1. The van der Waals surface area contributed by atoms with Gasteiger partial charge in [-0.25, -0.2) is 0 Å². The molecule has 0 saturated carbocycles. The van der Waals surface area contributed by atoms with Crippen LogP contribution in [0.1, 0.15) is 31.7 Å². The quantitative estimate of drug-likeness (QED) is 0.581. The van der Waals surface area contributed by atoms with Crippen molar-refractivity contribution in [3.8, 4) is 0 Å². The van der Waals surface area contributed by atoms with E-state index < -0.39 is 0 Å². The van der Waals surface area contributed by atoms with Crippen LogP contribution in [0.2, 0.25) is 0 Å². The van der Waals surface area contributed by atoms with Crippen molar-refractivity contribution >= 4 is 0 Å². The first-order valence-corrected chi connectivity index (χ1v) is 3.80. The Morgan fingerprint density at radius 2 is 2.00 bits per heavy atom. The van der Waals surface area contributed by atoms with Crippen LogP contribution in [-0.2, 0) is 0 Å². The van der Waals surface area contributed by atoms with E-state index >= 15 is 0 Å². The molecular formula is C10H13. The summed E-state index contributed by atoms with van der Waals surface area (Å²) in [7, 11) is 0. The third kappa shape index (κ3) is 1.60. The summed E-state index contributed by atoms with van der Waals surface area (Å²) in [6, 6.07) is 11.2. The molecule has 0 fully saturated rings. The van der Waals surface area contributed by atoms with Gasteiger partial charge in [0.1, 0.15) is 0 Å². The maximum Gasteiger partial charge on any atom is -0.0184 e. The van der Waals surface area contributed by atoms with Gasteiger partial charge in [0.15, 0.2) is 0 Å². The van der Waals surface area contributed by atoms with E-state index in [1.54, 1.807) is 0 Å². The number of rotatable bonds is 2. The lowest BCUT2D eigenvalue weighted by molar-refractivity contribution is 0.733. The Balaban J connectivity index is 2.75. The van der Waals surface area contributed by atoms with E-state index in [-0.39, 0.29) is 0 Å². The van der Waals surface area contributed by atoms with E-state index in [4.69, 9.17) is 0 Å². The first-order chi connectivity index (χ1) is 4.84. The molecule has 1 aromatic carbocycles. The summed E-state index contributed by atoms with van der Waals surface area (Å²) < 4.78 is 0. The monoisotopic (exact) mass is 133 g/mol. The first kappa shape index (κ1) is 7.33. The molecule has 53 valence electrons. The molecule has 1 radical (unpaired) electrons. The Labute approximate surface area is 62.9 Å². The Kier molecular flexibility index (Phi) is 2.49. The Bertz CT molecular complexity index is 176. The fourth-order valence-corrected chi connectivity index (χ4v) is 0.964. The molecule has 1 rings (SSSR count). The highest BCUT2D eigenvalue weighted by atomic mass is 14.0. The average Bonchev–Trinajstić information content (AvgIpc) is 2.05. The zero-order valence-electron chi connectivity index (χ0n) is 6.59. The van der Waals surface area contributed by atoms with Crippen LogP contribution in [0.25, 0.3) is 0 Å². The second kappa shape index (κ2) is 3.40. The van der Waals surface area contributed by atoms with E-state index in [9.17, 15) is 0 Å². The highest BCUT2D eigenvalue weighted by molar-refractivity contribution is 5.17. The molecule has 0 saturated heterocycles. The first-order valence-electron chi connectivity index (χ1n) is 3.80. The van der Waals surface area contributed by atoms with Crippen molar-refractivity contribution in [2.45, 2.75) is 26.2 Å². The molecule has 0 heteroatoms. The largest absolute Gasteiger partial charge is 0.0648 e. The summed E-state index contributed by atoms with van der Waals surface area (Å²) in [4.78, 5) is 0. The summed E-state index contributed by atoms with van der Waals surface area (Å²) in [5, 5.41) is 0. The van der Waals surface area contributed by atoms with Crippen molar-refractivity contribution < 1.29 is 0 Å². The van der Waals surface area contributed by atoms with Crippen LogP contribution in [0.3, 0.4) is 0 Å². The maximum atomic E-state index is 3.01. The molecule has 0 bridgehead atoms. The summed E-state index contributed by atoms with van der Waals surface area (Å²) in [5.41, 5.74) is 1.42. The van der Waals surface area contributed by atoms with Gasteiger partial charge in [-0.2, -0.15) is 0 Å². The van der Waals surface area contributed by atoms with Gasteiger partial charge >= 0.3 is 0 Å². The lowest BCUT2D eigenvalue weighted by Crippen LogP contribution is -1.88. The fraction of sp³-hybridized carbons (Fsp3) is 0.400. The lowest BCUT2D eigenvalue weighted by Gasteiger charge is -2.06. The van der Waals surface area contributed by atoms with E-state index in [2.05, 4.69) is 32.0 Å². The summed E-state index contributed by atoms with van der Waals surface area (Å²) >= 11 is 0. The van der Waals surface area contributed by atoms with Gasteiger partial charge in [-0.1, -0.05) is 38.1 Å². The van der Waals surface area contributed by atoms with E-state index in [1.165, 1.54) is 12.0 Å². The topological polar surface area (TPSA) is 0 Å². The predicted molar refractivity (Wildman–Crippen MR) is 44.0 cm³/mol. The van der Waals surface area contributed by atoms with Gasteiger partial charge in [0.2, 0.25) is 0 Å². The fourth-order valence-electron chi connectivity index (χ4n) is 0.964. The van der Waals surface area contributed by atoms with Crippen molar-refractivity contribution in [1.29, 1.82) is 0 Å². The average molecular weight is 133 g/mol. The van der Waals surface area contributed by atoms with Crippen molar-refractivity contribution in [2.75, 3.05) is 0 Å². The molecule has 10 heavy (non-hydrogen) atoms. The van der Waals surface area contributed by atoms with Crippen molar-refractivity contribution in [3.63, 3.8) is 0 Å². The number of hydrogen-bond donors (Lipinski definition) is 0. The number of hydrogen-bond acceptors (Lipinski definition) is 0. The zero-order valence-corrected chi connectivity index (χ0v) is 6.59. The molecule has 0 spiro atoms. The molecule has 0 aliphatic carbocycles. The third-order valence-electron chi connectivity index (χ3n) is 1.93. The highest BCUT2D eigenvalue weighted by Gasteiger charge is 1.98. The summed E-state index contributed by atoms with van der Waals surface area (Å²) in [6.45, 7) is 4.46. The van der Waals surface area contributed by atoms with Gasteiger partial charge < -0.3 is 0 Å². The van der Waals surface area contributed by atoms with Gasteiger partial charge in [-0.05, 0) is 24.0 Å². The van der Waals surface area contributed by atoms with Crippen molar-refractivity contribution in [1.82, 2.24) is 0 Å². The van der Waals surface area contributed by atoms with E-state index in [1.807, 2.05) is 12.1 Å². The Morgan fingerprint density at radius 1 is 1.40 bits per heavy atom. The molecular weight excluding hydrogens is 120 g/mol. The second-order valence-electron chi connectivity index (χ2n) is 2.64. The van der Waals surface area contributed by atoms with Gasteiger partial charge in [0.05, 0.1) is 0 Å². The van der Waals surface area contributed by atoms with Crippen LogP contribution < -0.4 is 0 Å². The molecule has 0 aliphatic rings. The minimum atomic E-state index is 0.689. The minimum Gasteiger partial charge on any atom is -0.0648 e. The van der Waals surface area contributed by atoms with Crippen molar-refractivity contribution in [2.24, 2.45) is 0 Å². The smallest absolute Gasteiger partial charge is 0.0184 e. The van der Waals surface area contributed by atoms with Crippen LogP contribution in [0.5, 0.6) is 0 Å². The van der Waals surface area contributed by atoms with E-state index in [0.29, 0.717) is 5.92 Å². The zero-order chi connectivity index (χ0) is 7.40. The highest BCUT2D eigenvalue weighted by Crippen LogP contribution is 2.16. The van der Waals surface area contributed by atoms with Crippen LogP contribution in [-0.4, -0.2) is 0 Å². The molecule has 0 nitrogen and oxygen atoms in total. The van der Waals surface area contributed by atoms with Gasteiger partial charge in [-0.3, -0.25) is 0 Å². The van der Waals surface area contributed by atoms with E-state index in [0.717, 1.165) is 0 Å². The van der Waals surface area contributed by atoms with Gasteiger partial charge in [0, 0.05) is 0 Å².